The van der Waals surface area contributed by atoms with E-state index in [1.54, 1.807) is 0 Å². The van der Waals surface area contributed by atoms with E-state index < -0.39 is 5.97 Å². The smallest absolute Gasteiger partial charge is 0.321 e. The maximum absolute atomic E-state index is 11.3. The first-order chi connectivity index (χ1) is 7.59. The normalized spacial score (nSPS) is 29.3. The molecule has 1 saturated heterocycles. The molecule has 2 rings (SSSR count). The van der Waals surface area contributed by atoms with E-state index in [1.165, 1.54) is 6.42 Å². The Bertz CT molecular complexity index is 266. The summed E-state index contributed by atoms with van der Waals surface area (Å²) in [6.07, 6.45) is 4.49. The molecule has 1 aliphatic heterocycles. The predicted molar refractivity (Wildman–Crippen MR) is 62.4 cm³/mol. The Balaban J connectivity index is 1.98. The zero-order chi connectivity index (χ0) is 11.7. The van der Waals surface area contributed by atoms with E-state index in [9.17, 15) is 9.90 Å². The van der Waals surface area contributed by atoms with Crippen LogP contribution in [0.4, 0.5) is 0 Å². The van der Waals surface area contributed by atoms with Gasteiger partial charge in [-0.15, -0.1) is 0 Å². The molecular weight excluding hydrogens is 204 g/mol. The molecule has 0 spiro atoms. The van der Waals surface area contributed by atoms with Crippen LogP contribution in [-0.4, -0.2) is 60.1 Å². The van der Waals surface area contributed by atoms with Gasteiger partial charge in [-0.05, 0) is 52.2 Å². The lowest BCUT2D eigenvalue weighted by molar-refractivity contribution is -0.145. The number of carboxylic acids is 1. The van der Waals surface area contributed by atoms with E-state index >= 15 is 0 Å². The minimum atomic E-state index is -0.641. The number of carbonyl (C=O) groups is 1. The first-order valence-corrected chi connectivity index (χ1v) is 6.23. The van der Waals surface area contributed by atoms with Crippen LogP contribution in [0.1, 0.15) is 25.7 Å². The average molecular weight is 226 g/mol. The molecule has 0 aromatic rings. The summed E-state index contributed by atoms with van der Waals surface area (Å²) in [6.45, 7) is 2.15. The van der Waals surface area contributed by atoms with Crippen molar-refractivity contribution in [1.82, 2.24) is 9.80 Å². The molecule has 1 aliphatic carbocycles. The van der Waals surface area contributed by atoms with Crippen molar-refractivity contribution in [2.45, 2.75) is 37.8 Å². The SMILES string of the molecule is CN1CCCC(N(C)C(C(=O)O)C2CC2)C1. The minimum absolute atomic E-state index is 0.253. The number of likely N-dealkylation sites (tertiary alicyclic amines) is 1. The first-order valence-electron chi connectivity index (χ1n) is 6.23. The molecule has 2 atom stereocenters. The van der Waals surface area contributed by atoms with Crippen molar-refractivity contribution in [1.29, 1.82) is 0 Å². The number of piperidine rings is 1. The van der Waals surface area contributed by atoms with Gasteiger partial charge >= 0.3 is 5.97 Å². The topological polar surface area (TPSA) is 43.8 Å². The van der Waals surface area contributed by atoms with Gasteiger partial charge in [-0.3, -0.25) is 9.69 Å². The molecule has 92 valence electrons. The van der Waals surface area contributed by atoms with E-state index in [2.05, 4.69) is 16.8 Å². The molecule has 0 amide bonds. The second-order valence-corrected chi connectivity index (χ2v) is 5.34. The van der Waals surface area contributed by atoms with Crippen LogP contribution < -0.4 is 0 Å². The fraction of sp³-hybridized carbons (Fsp3) is 0.917. The highest BCUT2D eigenvalue weighted by Crippen LogP contribution is 2.36. The van der Waals surface area contributed by atoms with Gasteiger partial charge in [0.25, 0.3) is 0 Å². The van der Waals surface area contributed by atoms with Crippen molar-refractivity contribution in [3.8, 4) is 0 Å². The van der Waals surface area contributed by atoms with Gasteiger partial charge in [-0.2, -0.15) is 0 Å². The Labute approximate surface area is 97.2 Å². The molecule has 2 fully saturated rings. The Kier molecular flexibility index (Phi) is 3.50. The van der Waals surface area contributed by atoms with Crippen LogP contribution in [0.2, 0.25) is 0 Å². The highest BCUT2D eigenvalue weighted by Gasteiger charge is 2.41. The summed E-state index contributed by atoms with van der Waals surface area (Å²) >= 11 is 0. The molecule has 0 aromatic heterocycles. The predicted octanol–water partition coefficient (Wildman–Crippen LogP) is 0.876. The number of hydrogen-bond donors (Lipinski definition) is 1. The standard InChI is InChI=1S/C12H22N2O2/c1-13-7-3-4-10(8-13)14(2)11(12(15)16)9-5-6-9/h9-11H,3-8H2,1-2H3,(H,15,16). The van der Waals surface area contributed by atoms with Crippen LogP contribution in [-0.2, 0) is 4.79 Å². The fourth-order valence-electron chi connectivity index (χ4n) is 2.82. The Morgan fingerprint density at radius 1 is 1.44 bits per heavy atom. The van der Waals surface area contributed by atoms with Gasteiger partial charge in [0, 0.05) is 12.6 Å². The quantitative estimate of drug-likeness (QED) is 0.772. The molecule has 4 heteroatoms. The lowest BCUT2D eigenvalue weighted by Crippen LogP contribution is -2.52. The lowest BCUT2D eigenvalue weighted by atomic mass is 10.0. The van der Waals surface area contributed by atoms with Gasteiger partial charge in [0.15, 0.2) is 0 Å². The van der Waals surface area contributed by atoms with Gasteiger partial charge in [0.1, 0.15) is 6.04 Å². The van der Waals surface area contributed by atoms with Crippen molar-refractivity contribution in [2.24, 2.45) is 5.92 Å². The van der Waals surface area contributed by atoms with Crippen LogP contribution in [0.25, 0.3) is 0 Å². The zero-order valence-corrected chi connectivity index (χ0v) is 10.2. The third kappa shape index (κ3) is 2.55. The van der Waals surface area contributed by atoms with Crippen LogP contribution in [0.3, 0.4) is 0 Å². The van der Waals surface area contributed by atoms with Gasteiger partial charge in [0.2, 0.25) is 0 Å². The van der Waals surface area contributed by atoms with Gasteiger partial charge in [-0.1, -0.05) is 0 Å². The molecule has 2 aliphatic rings. The third-order valence-electron chi connectivity index (χ3n) is 3.94. The summed E-state index contributed by atoms with van der Waals surface area (Å²) in [7, 11) is 4.10. The minimum Gasteiger partial charge on any atom is -0.480 e. The summed E-state index contributed by atoms with van der Waals surface area (Å²) in [4.78, 5) is 15.7. The number of nitrogens with zero attached hydrogens (tertiary/aromatic N) is 2. The van der Waals surface area contributed by atoms with Crippen molar-refractivity contribution in [3.63, 3.8) is 0 Å². The highest BCUT2D eigenvalue weighted by atomic mass is 16.4. The second-order valence-electron chi connectivity index (χ2n) is 5.34. The van der Waals surface area contributed by atoms with Crippen LogP contribution in [0, 0.1) is 5.92 Å². The van der Waals surface area contributed by atoms with Crippen molar-refractivity contribution in [3.05, 3.63) is 0 Å². The summed E-state index contributed by atoms with van der Waals surface area (Å²) in [5, 5.41) is 9.30. The Morgan fingerprint density at radius 2 is 2.12 bits per heavy atom. The fourth-order valence-corrected chi connectivity index (χ4v) is 2.82. The number of likely N-dealkylation sites (N-methyl/N-ethyl adjacent to an activating group) is 2. The van der Waals surface area contributed by atoms with E-state index in [0.29, 0.717) is 12.0 Å². The molecule has 0 aromatic carbocycles. The number of rotatable bonds is 4. The van der Waals surface area contributed by atoms with Gasteiger partial charge in [0.05, 0.1) is 0 Å². The number of aliphatic carboxylic acids is 1. The average Bonchev–Trinajstić information content (AvgIpc) is 3.01. The lowest BCUT2D eigenvalue weighted by Gasteiger charge is -2.38. The molecule has 1 heterocycles. The summed E-state index contributed by atoms with van der Waals surface area (Å²) in [5.74, 6) is -0.243. The Morgan fingerprint density at radius 3 is 2.62 bits per heavy atom. The second kappa shape index (κ2) is 4.72. The maximum atomic E-state index is 11.3. The van der Waals surface area contributed by atoms with E-state index in [4.69, 9.17) is 0 Å². The maximum Gasteiger partial charge on any atom is 0.321 e. The third-order valence-corrected chi connectivity index (χ3v) is 3.94. The molecule has 1 saturated carbocycles. The van der Waals surface area contributed by atoms with Gasteiger partial charge in [-0.25, -0.2) is 0 Å². The van der Waals surface area contributed by atoms with E-state index in [-0.39, 0.29) is 6.04 Å². The summed E-state index contributed by atoms with van der Waals surface area (Å²) in [5.41, 5.74) is 0. The van der Waals surface area contributed by atoms with Crippen molar-refractivity contribution in [2.75, 3.05) is 27.2 Å². The van der Waals surface area contributed by atoms with E-state index in [1.807, 2.05) is 7.05 Å². The molecule has 0 radical (unpaired) electrons. The first kappa shape index (κ1) is 11.9. The van der Waals surface area contributed by atoms with Crippen LogP contribution in [0.5, 0.6) is 0 Å². The molecule has 1 N–H and O–H groups in total. The largest absolute Gasteiger partial charge is 0.480 e. The van der Waals surface area contributed by atoms with Crippen LogP contribution in [0.15, 0.2) is 0 Å². The number of hydrogen-bond acceptors (Lipinski definition) is 3. The Hall–Kier alpha value is -0.610. The molecule has 2 unspecified atom stereocenters. The molecule has 0 bridgehead atoms. The monoisotopic (exact) mass is 226 g/mol. The van der Waals surface area contributed by atoms with Crippen molar-refractivity contribution >= 4 is 5.97 Å². The summed E-state index contributed by atoms with van der Waals surface area (Å²) in [6, 6.07) is 0.164. The molecule has 4 nitrogen and oxygen atoms in total. The number of carboxylic acid groups (broad SMARTS) is 1. The molecular formula is C12H22N2O2. The summed E-state index contributed by atoms with van der Waals surface area (Å²) < 4.78 is 0. The zero-order valence-electron chi connectivity index (χ0n) is 10.2. The highest BCUT2D eigenvalue weighted by molar-refractivity contribution is 5.74. The van der Waals surface area contributed by atoms with E-state index in [0.717, 1.165) is 32.4 Å². The van der Waals surface area contributed by atoms with Gasteiger partial charge < -0.3 is 10.0 Å². The van der Waals surface area contributed by atoms with Crippen LogP contribution >= 0.6 is 0 Å². The molecule has 16 heavy (non-hydrogen) atoms. The van der Waals surface area contributed by atoms with Crippen molar-refractivity contribution < 1.29 is 9.90 Å².